The summed E-state index contributed by atoms with van der Waals surface area (Å²) in [6, 6.07) is 5.86. The Bertz CT molecular complexity index is 638. The van der Waals surface area contributed by atoms with Crippen molar-refractivity contribution in [2.24, 2.45) is 0 Å². The van der Waals surface area contributed by atoms with Gasteiger partial charge in [0.05, 0.1) is 0 Å². The van der Waals surface area contributed by atoms with E-state index >= 15 is 0 Å². The SMILES string of the molecule is C=C1C(C)=C(C)C(C)=C1CCCNC1C([N+]#CC)I1[N+]#CC. The molecule has 0 saturated carbocycles. The molecule has 0 spiro atoms. The van der Waals surface area contributed by atoms with Crippen LogP contribution in [0.25, 0.3) is 7.90 Å². The zero-order chi connectivity index (χ0) is 16.3. The standard InChI is InChI=1S/C18H26IN3/c1-7-20-17-18(19(17)22-8-2)21-11-9-10-16-14(5)12(3)13(4)15(16)6/h17-18,21H,5,9-11H2,1-4,6H3/q+2. The van der Waals surface area contributed by atoms with Crippen LogP contribution in [0.15, 0.2) is 34.4 Å². The Hall–Kier alpha value is -1.11. The Morgan fingerprint density at radius 3 is 2.41 bits per heavy atom. The summed E-state index contributed by atoms with van der Waals surface area (Å²) < 4.78 is 5.40. The number of hydrogen-bond acceptors (Lipinski definition) is 1. The molecule has 2 atom stereocenters. The summed E-state index contributed by atoms with van der Waals surface area (Å²) in [4.78, 5) is 4.41. The first-order valence-corrected chi connectivity index (χ1v) is 11.2. The fraction of sp³-hybridized carbons (Fsp3) is 0.556. The third kappa shape index (κ3) is 3.45. The molecule has 1 saturated heterocycles. The third-order valence-electron chi connectivity index (χ3n) is 4.42. The molecule has 22 heavy (non-hydrogen) atoms. The maximum atomic E-state index is 4.50. The van der Waals surface area contributed by atoms with Gasteiger partial charge in [0.2, 0.25) is 0 Å². The van der Waals surface area contributed by atoms with Crippen LogP contribution in [-0.2, 0) is 0 Å². The molecule has 4 heteroatoms. The average Bonchev–Trinajstić information content (AvgIpc) is 3.11. The van der Waals surface area contributed by atoms with Crippen molar-refractivity contribution in [3.05, 3.63) is 42.3 Å². The summed E-state index contributed by atoms with van der Waals surface area (Å²) in [6.45, 7) is 15.6. The molecule has 1 aliphatic carbocycles. The summed E-state index contributed by atoms with van der Waals surface area (Å²) in [6.07, 6.45) is 2.24. The van der Waals surface area contributed by atoms with Crippen LogP contribution in [0.2, 0.25) is 0 Å². The van der Waals surface area contributed by atoms with Gasteiger partial charge in [-0.3, -0.25) is 0 Å². The van der Waals surface area contributed by atoms with E-state index in [1.807, 2.05) is 13.8 Å². The van der Waals surface area contributed by atoms with Crippen molar-refractivity contribution >= 4 is 20.1 Å². The van der Waals surface area contributed by atoms with Crippen molar-refractivity contribution < 1.29 is 0 Å². The summed E-state index contributed by atoms with van der Waals surface area (Å²) in [5, 5.41) is 3.64. The second-order valence-electron chi connectivity index (χ2n) is 5.65. The van der Waals surface area contributed by atoms with Crippen LogP contribution in [0.5, 0.6) is 0 Å². The second kappa shape index (κ2) is 7.44. The molecule has 2 rings (SSSR count). The predicted molar refractivity (Wildman–Crippen MR) is 105 cm³/mol. The van der Waals surface area contributed by atoms with Gasteiger partial charge in [-0.25, -0.2) is 0 Å². The molecule has 3 nitrogen and oxygen atoms in total. The molecule has 0 amide bonds. The molecule has 1 N–H and O–H groups in total. The van der Waals surface area contributed by atoms with Gasteiger partial charge in [-0.2, -0.15) is 0 Å². The Labute approximate surface area is 141 Å². The van der Waals surface area contributed by atoms with Gasteiger partial charge in [0, 0.05) is 0 Å². The summed E-state index contributed by atoms with van der Waals surface area (Å²) in [5.74, 6) is 0. The molecule has 1 aliphatic heterocycles. The Morgan fingerprint density at radius 2 is 1.86 bits per heavy atom. The number of nitrogens with zero attached hydrogens (tertiary/aromatic N) is 2. The van der Waals surface area contributed by atoms with Gasteiger partial charge >= 0.3 is 142 Å². The number of hydrogen-bond donors (Lipinski definition) is 1. The van der Waals surface area contributed by atoms with Crippen molar-refractivity contribution in [1.29, 1.82) is 0 Å². The quantitative estimate of drug-likeness (QED) is 0.279. The Morgan fingerprint density at radius 1 is 1.14 bits per heavy atom. The average molecular weight is 411 g/mol. The van der Waals surface area contributed by atoms with Crippen LogP contribution in [-0.4, -0.2) is 14.6 Å². The van der Waals surface area contributed by atoms with Crippen LogP contribution in [0.3, 0.4) is 0 Å². The normalized spacial score (nSPS) is 25.0. The molecule has 1 fully saturated rings. The fourth-order valence-electron chi connectivity index (χ4n) is 2.82. The summed E-state index contributed by atoms with van der Waals surface area (Å²) in [5.41, 5.74) is 6.87. The summed E-state index contributed by atoms with van der Waals surface area (Å²) >= 11 is -1.32. The van der Waals surface area contributed by atoms with Crippen molar-refractivity contribution in [2.75, 3.05) is 6.54 Å². The third-order valence-corrected chi connectivity index (χ3v) is 9.43. The molecule has 0 aromatic heterocycles. The number of halogens is 1. The van der Waals surface area contributed by atoms with Crippen molar-refractivity contribution in [3.63, 3.8) is 0 Å². The zero-order valence-electron chi connectivity index (χ0n) is 14.3. The van der Waals surface area contributed by atoms with Gasteiger partial charge in [-0.15, -0.1) is 0 Å². The minimum atomic E-state index is -1.32. The van der Waals surface area contributed by atoms with E-state index in [1.54, 1.807) is 0 Å². The summed E-state index contributed by atoms with van der Waals surface area (Å²) in [7, 11) is 0. The second-order valence-corrected chi connectivity index (χ2v) is 10.6. The molecule has 1 heterocycles. The van der Waals surface area contributed by atoms with E-state index in [1.165, 1.54) is 27.9 Å². The van der Waals surface area contributed by atoms with Crippen LogP contribution >= 0.6 is 20.1 Å². The molecule has 118 valence electrons. The van der Waals surface area contributed by atoms with Gasteiger partial charge in [0.25, 0.3) is 0 Å². The van der Waals surface area contributed by atoms with Crippen LogP contribution in [0.1, 0.15) is 47.5 Å². The zero-order valence-corrected chi connectivity index (χ0v) is 16.4. The van der Waals surface area contributed by atoms with Crippen molar-refractivity contribution in [1.82, 2.24) is 5.32 Å². The molecule has 0 aromatic rings. The first-order valence-electron chi connectivity index (χ1n) is 7.74. The van der Waals surface area contributed by atoms with E-state index in [4.69, 9.17) is 0 Å². The number of rotatable bonds is 5. The molecular weight excluding hydrogens is 385 g/mol. The van der Waals surface area contributed by atoms with E-state index in [0.29, 0.717) is 8.10 Å². The number of alkyl halides is 2. The van der Waals surface area contributed by atoms with Gasteiger partial charge in [-0.1, -0.05) is 0 Å². The van der Waals surface area contributed by atoms with Gasteiger partial charge in [-0.05, 0) is 0 Å². The van der Waals surface area contributed by atoms with E-state index in [2.05, 4.69) is 52.7 Å². The van der Waals surface area contributed by atoms with Gasteiger partial charge in [0.15, 0.2) is 0 Å². The molecule has 0 aromatic carbocycles. The molecule has 0 radical (unpaired) electrons. The Balaban J connectivity index is 1.80. The number of allylic oxidation sites excluding steroid dienone is 5. The van der Waals surface area contributed by atoms with Crippen LogP contribution in [0, 0.1) is 12.1 Å². The predicted octanol–water partition coefficient (Wildman–Crippen LogP) is 5.37. The Kier molecular flexibility index (Phi) is 5.83. The van der Waals surface area contributed by atoms with E-state index in [0.717, 1.165) is 19.4 Å². The van der Waals surface area contributed by atoms with Crippen molar-refractivity contribution in [3.8, 4) is 12.1 Å². The number of nitrogens with one attached hydrogen (secondary N) is 1. The molecular formula is C18H26IN3+2. The van der Waals surface area contributed by atoms with Gasteiger partial charge in [0.1, 0.15) is 0 Å². The first kappa shape index (κ1) is 17.2. The molecule has 0 bridgehead atoms. The van der Waals surface area contributed by atoms with Crippen LogP contribution < -0.4 is 5.32 Å². The molecule has 2 unspecified atom stereocenters. The van der Waals surface area contributed by atoms with Crippen molar-refractivity contribution in [2.45, 2.75) is 55.6 Å². The maximum absolute atomic E-state index is 4.50. The van der Waals surface area contributed by atoms with Crippen LogP contribution in [0.4, 0.5) is 0 Å². The van der Waals surface area contributed by atoms with E-state index in [-0.39, 0.29) is 0 Å². The van der Waals surface area contributed by atoms with E-state index < -0.39 is 20.1 Å². The minimum absolute atomic E-state index is 0.398. The fourth-order valence-corrected chi connectivity index (χ4v) is 7.50. The van der Waals surface area contributed by atoms with E-state index in [9.17, 15) is 0 Å². The first-order chi connectivity index (χ1) is 10.5. The monoisotopic (exact) mass is 411 g/mol. The van der Waals surface area contributed by atoms with Gasteiger partial charge < -0.3 is 0 Å². The molecule has 2 aliphatic rings. The topological polar surface area (TPSA) is 20.8 Å².